The van der Waals surface area contributed by atoms with E-state index in [4.69, 9.17) is 10.3 Å². The normalized spacial score (nSPS) is 12.7. The Morgan fingerprint density at radius 1 is 1.03 bits per heavy atom. The van der Waals surface area contributed by atoms with Gasteiger partial charge in [0.2, 0.25) is 11.7 Å². The quantitative estimate of drug-likeness (QED) is 0.240. The molecule has 4 rings (SSSR count). The third-order valence-corrected chi connectivity index (χ3v) is 7.00. The van der Waals surface area contributed by atoms with E-state index in [2.05, 4.69) is 20.4 Å². The molecule has 182 valence electrons. The van der Waals surface area contributed by atoms with Crippen LogP contribution in [0.4, 0.5) is 5.82 Å². The summed E-state index contributed by atoms with van der Waals surface area (Å²) in [5.74, 6) is -2.49. The van der Waals surface area contributed by atoms with Crippen molar-refractivity contribution in [3.8, 4) is 39.7 Å². The Kier molecular flexibility index (Phi) is 6.68. The van der Waals surface area contributed by atoms with Crippen LogP contribution in [0, 0.1) is 0 Å². The van der Waals surface area contributed by atoms with Crippen molar-refractivity contribution >= 4 is 16.6 Å². The number of nitrogen functional groups attached to an aromatic ring is 1. The lowest BCUT2D eigenvalue weighted by atomic mass is 10.1. The van der Waals surface area contributed by atoms with Gasteiger partial charge in [-0.25, -0.2) is 9.97 Å². The highest BCUT2D eigenvalue weighted by Gasteiger charge is 2.25. The number of benzene rings is 2. The number of rotatable bonds is 7. The summed E-state index contributed by atoms with van der Waals surface area (Å²) in [6.07, 6.45) is 1.50. The van der Waals surface area contributed by atoms with E-state index >= 15 is 0 Å². The summed E-state index contributed by atoms with van der Waals surface area (Å²) >= 11 is 0. The number of nitrogens with zero attached hydrogens (tertiary/aromatic N) is 3. The molecule has 0 aliphatic carbocycles. The van der Waals surface area contributed by atoms with E-state index < -0.39 is 16.7 Å². The summed E-state index contributed by atoms with van der Waals surface area (Å²) in [4.78, 5) is 9.41. The largest absolute Gasteiger partial charge is 0.503 e. The molecule has 0 fully saturated rings. The molecule has 0 aliphatic heterocycles. The van der Waals surface area contributed by atoms with Crippen LogP contribution >= 0.6 is 0 Å². The molecule has 1 unspecified atom stereocenters. The summed E-state index contributed by atoms with van der Waals surface area (Å²) in [6, 6.07) is 13.2. The number of anilines is 1. The fourth-order valence-electron chi connectivity index (χ4n) is 3.37. The van der Waals surface area contributed by atoms with E-state index in [0.717, 1.165) is 5.56 Å². The van der Waals surface area contributed by atoms with Crippen molar-refractivity contribution in [2.75, 3.05) is 12.8 Å². The van der Waals surface area contributed by atoms with Gasteiger partial charge in [-0.2, -0.15) is 0 Å². The minimum Gasteiger partial charge on any atom is -0.503 e. The van der Waals surface area contributed by atoms with Crippen molar-refractivity contribution in [2.45, 2.75) is 29.9 Å². The molecular formula is C24H25N5O5S. The maximum Gasteiger partial charge on any atom is 0.250 e. The van der Waals surface area contributed by atoms with Crippen LogP contribution in [0.3, 0.4) is 0 Å². The fraction of sp³-hybridized carbons (Fsp3) is 0.208. The van der Waals surface area contributed by atoms with Gasteiger partial charge in [0.25, 0.3) is 0 Å². The zero-order chi connectivity index (χ0) is 25.3. The molecule has 1 atom stereocenters. The first kappa shape index (κ1) is 24.5. The van der Waals surface area contributed by atoms with Crippen molar-refractivity contribution in [1.29, 1.82) is 0 Å². The van der Waals surface area contributed by atoms with Crippen LogP contribution in [0.15, 0.2) is 64.1 Å². The Morgan fingerprint density at radius 2 is 1.66 bits per heavy atom. The molecule has 0 bridgehead atoms. The van der Waals surface area contributed by atoms with Gasteiger partial charge in [0.15, 0.2) is 23.0 Å². The topological polar surface area (TPSA) is 168 Å². The zero-order valence-electron chi connectivity index (χ0n) is 19.3. The standard InChI is InChI=1S/C24H25N5O5S/c1-13(2)35(33)17-10-6-14(7-11-17)18-12-27-23(25)20(28-18)22-21(30)19(29-34-22)15-4-8-16(9-5-15)24(31,32)26-3/h4-13,26,30-32H,1-3H3,(H2,25,27). The average molecular weight is 496 g/mol. The first-order valence-electron chi connectivity index (χ1n) is 10.7. The van der Waals surface area contributed by atoms with Crippen molar-refractivity contribution in [3.05, 3.63) is 60.3 Å². The predicted molar refractivity (Wildman–Crippen MR) is 131 cm³/mol. The van der Waals surface area contributed by atoms with E-state index in [1.165, 1.54) is 25.4 Å². The van der Waals surface area contributed by atoms with Crippen molar-refractivity contribution in [1.82, 2.24) is 20.4 Å². The van der Waals surface area contributed by atoms with Gasteiger partial charge in [-0.05, 0) is 19.2 Å². The summed E-state index contributed by atoms with van der Waals surface area (Å²) < 4.78 is 17.7. The number of hydrogen-bond donors (Lipinski definition) is 5. The van der Waals surface area contributed by atoms with Gasteiger partial charge < -0.3 is 25.6 Å². The second-order valence-electron chi connectivity index (χ2n) is 8.07. The maximum absolute atomic E-state index is 12.3. The smallest absolute Gasteiger partial charge is 0.250 e. The van der Waals surface area contributed by atoms with Crippen LogP contribution in [0.25, 0.3) is 34.0 Å². The van der Waals surface area contributed by atoms with E-state index in [9.17, 15) is 19.5 Å². The summed E-state index contributed by atoms with van der Waals surface area (Å²) in [6.45, 7) is 3.78. The molecule has 35 heavy (non-hydrogen) atoms. The fourth-order valence-corrected chi connectivity index (χ4v) is 4.32. The van der Waals surface area contributed by atoms with Gasteiger partial charge in [0.1, 0.15) is 0 Å². The molecule has 6 N–H and O–H groups in total. The van der Waals surface area contributed by atoms with E-state index in [1.807, 2.05) is 13.8 Å². The van der Waals surface area contributed by atoms with Crippen molar-refractivity contribution in [2.24, 2.45) is 0 Å². The van der Waals surface area contributed by atoms with Gasteiger partial charge in [-0.15, -0.1) is 0 Å². The SMILES string of the molecule is CNC(O)(O)c1ccc(-c2noc(-c3nc(-c4ccc(S(=O)C(C)C)cc4)cnc3N)c2O)cc1. The first-order chi connectivity index (χ1) is 16.6. The van der Waals surface area contributed by atoms with E-state index in [1.54, 1.807) is 36.4 Å². The molecule has 2 aromatic heterocycles. The number of aromatic hydroxyl groups is 1. The van der Waals surface area contributed by atoms with Gasteiger partial charge in [0.05, 0.1) is 22.7 Å². The molecule has 0 amide bonds. The number of hydrogen-bond acceptors (Lipinski definition) is 10. The predicted octanol–water partition coefficient (Wildman–Crippen LogP) is 2.58. The van der Waals surface area contributed by atoms with Crippen LogP contribution in [0.1, 0.15) is 19.4 Å². The van der Waals surface area contributed by atoms with Crippen LogP contribution < -0.4 is 11.1 Å². The first-order valence-corrected chi connectivity index (χ1v) is 11.9. The Labute approximate surface area is 203 Å². The number of nitrogens with two attached hydrogens (primary N) is 1. The third-order valence-electron chi connectivity index (χ3n) is 5.40. The minimum atomic E-state index is -2.19. The zero-order valence-corrected chi connectivity index (χ0v) is 20.1. The van der Waals surface area contributed by atoms with Crippen LogP contribution in [-0.4, -0.2) is 47.0 Å². The summed E-state index contributed by atoms with van der Waals surface area (Å²) in [5, 5.41) is 36.9. The molecule has 2 aromatic carbocycles. The Morgan fingerprint density at radius 3 is 2.26 bits per heavy atom. The number of nitrogens with one attached hydrogen (secondary N) is 1. The molecule has 0 spiro atoms. The second kappa shape index (κ2) is 9.55. The molecule has 11 heteroatoms. The Hall–Kier alpha value is -3.64. The molecular weight excluding hydrogens is 470 g/mol. The lowest BCUT2D eigenvalue weighted by molar-refractivity contribution is -0.190. The van der Waals surface area contributed by atoms with Gasteiger partial charge in [-0.1, -0.05) is 55.4 Å². The Balaban J connectivity index is 1.67. The van der Waals surface area contributed by atoms with Crippen LogP contribution in [0.2, 0.25) is 0 Å². The Bertz CT molecular complexity index is 1370. The molecule has 2 heterocycles. The number of aliphatic hydroxyl groups is 2. The maximum atomic E-state index is 12.3. The number of aromatic nitrogens is 3. The molecule has 10 nitrogen and oxygen atoms in total. The average Bonchev–Trinajstić information content (AvgIpc) is 3.25. The lowest BCUT2D eigenvalue weighted by Crippen LogP contribution is -2.39. The lowest BCUT2D eigenvalue weighted by Gasteiger charge is -2.20. The molecule has 0 saturated carbocycles. The highest BCUT2D eigenvalue weighted by atomic mass is 32.2. The highest BCUT2D eigenvalue weighted by Crippen LogP contribution is 2.39. The monoisotopic (exact) mass is 495 g/mol. The molecule has 0 aliphatic rings. The van der Waals surface area contributed by atoms with Gasteiger partial charge in [0, 0.05) is 26.8 Å². The minimum absolute atomic E-state index is 0.00160. The van der Waals surface area contributed by atoms with Gasteiger partial charge in [-0.3, -0.25) is 9.53 Å². The second-order valence-corrected chi connectivity index (χ2v) is 10.1. The third kappa shape index (κ3) is 4.80. The van der Waals surface area contributed by atoms with Crippen molar-refractivity contribution < 1.29 is 24.1 Å². The van der Waals surface area contributed by atoms with E-state index in [0.29, 0.717) is 16.2 Å². The van der Waals surface area contributed by atoms with Gasteiger partial charge >= 0.3 is 0 Å². The van der Waals surface area contributed by atoms with Crippen molar-refractivity contribution in [3.63, 3.8) is 0 Å². The summed E-state index contributed by atoms with van der Waals surface area (Å²) in [7, 11) is 0.300. The highest BCUT2D eigenvalue weighted by molar-refractivity contribution is 7.85. The van der Waals surface area contributed by atoms with E-state index in [-0.39, 0.29) is 39.5 Å². The molecule has 0 saturated heterocycles. The van der Waals surface area contributed by atoms with Crippen LogP contribution in [-0.2, 0) is 16.7 Å². The molecule has 0 radical (unpaired) electrons. The van der Waals surface area contributed by atoms with Crippen LogP contribution in [0.5, 0.6) is 5.75 Å². The summed E-state index contributed by atoms with van der Waals surface area (Å²) in [5.41, 5.74) is 8.15. The molecule has 4 aromatic rings.